The molecular formula is C28H30ClFN6O4S. The smallest absolute Gasteiger partial charge is 0.316 e. The Labute approximate surface area is 242 Å². The van der Waals surface area contributed by atoms with Crippen LogP contribution in [0.2, 0.25) is 5.02 Å². The predicted octanol–water partition coefficient (Wildman–Crippen LogP) is 4.50. The van der Waals surface area contributed by atoms with E-state index in [0.717, 1.165) is 25.1 Å². The van der Waals surface area contributed by atoms with Gasteiger partial charge in [0, 0.05) is 42.7 Å². The van der Waals surface area contributed by atoms with Crippen LogP contribution in [0.5, 0.6) is 0 Å². The van der Waals surface area contributed by atoms with Crippen LogP contribution < -0.4 is 10.2 Å². The summed E-state index contributed by atoms with van der Waals surface area (Å²) in [5.74, 6) is 0.466. The number of rotatable bonds is 6. The van der Waals surface area contributed by atoms with E-state index in [1.807, 2.05) is 4.90 Å². The van der Waals surface area contributed by atoms with Gasteiger partial charge in [-0.05, 0) is 50.7 Å². The number of hydrogen-bond acceptors (Lipinski definition) is 10. The predicted molar refractivity (Wildman–Crippen MR) is 151 cm³/mol. The molecule has 3 aliphatic rings. The minimum Gasteiger partial charge on any atom is -0.468 e. The van der Waals surface area contributed by atoms with Crippen molar-refractivity contribution < 1.29 is 22.3 Å². The molecule has 1 aliphatic carbocycles. The molecule has 0 amide bonds. The minimum absolute atomic E-state index is 0.00117. The van der Waals surface area contributed by atoms with Crippen molar-refractivity contribution in [1.29, 1.82) is 0 Å². The van der Waals surface area contributed by atoms with E-state index < -0.39 is 27.0 Å². The van der Waals surface area contributed by atoms with E-state index in [2.05, 4.69) is 25.3 Å². The van der Waals surface area contributed by atoms with E-state index >= 15 is 4.39 Å². The number of esters is 1. The van der Waals surface area contributed by atoms with Crippen LogP contribution in [0.25, 0.3) is 0 Å². The van der Waals surface area contributed by atoms with Gasteiger partial charge >= 0.3 is 5.97 Å². The molecule has 0 unspecified atom stereocenters. The van der Waals surface area contributed by atoms with Crippen LogP contribution in [0, 0.1) is 5.82 Å². The van der Waals surface area contributed by atoms with E-state index in [-0.39, 0.29) is 27.9 Å². The van der Waals surface area contributed by atoms with Crippen molar-refractivity contribution in [3.63, 3.8) is 0 Å². The van der Waals surface area contributed by atoms with E-state index in [1.165, 1.54) is 13.2 Å². The molecule has 0 bridgehead atoms. The van der Waals surface area contributed by atoms with Crippen molar-refractivity contribution in [2.24, 2.45) is 0 Å². The molecule has 2 aromatic heterocycles. The Kier molecular flexibility index (Phi) is 7.31. The van der Waals surface area contributed by atoms with Crippen LogP contribution in [-0.2, 0) is 31.2 Å². The maximum absolute atomic E-state index is 15.4. The van der Waals surface area contributed by atoms with Crippen molar-refractivity contribution in [3.8, 4) is 0 Å². The highest BCUT2D eigenvalue weighted by Gasteiger charge is 2.48. The van der Waals surface area contributed by atoms with Gasteiger partial charge in [-0.15, -0.1) is 0 Å². The molecule has 0 atom stereocenters. The lowest BCUT2D eigenvalue weighted by atomic mass is 9.64. The zero-order valence-electron chi connectivity index (χ0n) is 22.6. The van der Waals surface area contributed by atoms with Gasteiger partial charge in [-0.3, -0.25) is 4.79 Å². The van der Waals surface area contributed by atoms with Crippen LogP contribution in [0.3, 0.4) is 0 Å². The summed E-state index contributed by atoms with van der Waals surface area (Å²) in [5.41, 5.74) is 0.0946. The lowest BCUT2D eigenvalue weighted by Crippen LogP contribution is -2.44. The van der Waals surface area contributed by atoms with Gasteiger partial charge in [0.15, 0.2) is 15.7 Å². The van der Waals surface area contributed by atoms with Crippen LogP contribution in [0.1, 0.15) is 61.5 Å². The largest absolute Gasteiger partial charge is 0.468 e. The minimum atomic E-state index is -3.63. The topological polar surface area (TPSA) is 127 Å². The fourth-order valence-electron chi connectivity index (χ4n) is 6.04. The zero-order valence-corrected chi connectivity index (χ0v) is 24.1. The van der Waals surface area contributed by atoms with Gasteiger partial charge in [0.2, 0.25) is 5.95 Å². The maximum Gasteiger partial charge on any atom is 0.316 e. The van der Waals surface area contributed by atoms with Gasteiger partial charge in [0.05, 0.1) is 29.0 Å². The third-order valence-electron chi connectivity index (χ3n) is 8.38. The Morgan fingerprint density at radius 3 is 2.51 bits per heavy atom. The number of piperidine rings is 1. The number of aryl methyl sites for hydroxylation is 1. The van der Waals surface area contributed by atoms with Gasteiger partial charge < -0.3 is 15.0 Å². The molecule has 216 valence electrons. The molecule has 3 aromatic rings. The first-order valence-electron chi connectivity index (χ1n) is 13.7. The summed E-state index contributed by atoms with van der Waals surface area (Å²) < 4.78 is 46.6. The first kappa shape index (κ1) is 27.8. The molecule has 4 heterocycles. The van der Waals surface area contributed by atoms with Gasteiger partial charge in [0.25, 0.3) is 0 Å². The van der Waals surface area contributed by atoms with E-state index in [0.29, 0.717) is 61.1 Å². The first-order valence-corrected chi connectivity index (χ1v) is 15.7. The molecule has 13 heteroatoms. The Morgan fingerprint density at radius 1 is 1.15 bits per heavy atom. The highest BCUT2D eigenvalue weighted by Crippen LogP contribution is 2.46. The molecular weight excluding hydrogens is 571 g/mol. The maximum atomic E-state index is 15.4. The number of sulfone groups is 1. The molecule has 1 saturated carbocycles. The van der Waals surface area contributed by atoms with Gasteiger partial charge in [-0.1, -0.05) is 24.1 Å². The Bertz CT molecular complexity index is 1590. The number of anilines is 3. The number of aromatic nitrogens is 4. The lowest BCUT2D eigenvalue weighted by Gasteiger charge is -2.39. The number of carbonyl (C=O) groups is 1. The van der Waals surface area contributed by atoms with E-state index in [1.54, 1.807) is 24.5 Å². The normalized spacial score (nSPS) is 19.6. The number of methoxy groups -OCH3 is 1. The zero-order chi connectivity index (χ0) is 28.8. The van der Waals surface area contributed by atoms with Gasteiger partial charge in [0.1, 0.15) is 16.5 Å². The third-order valence-corrected chi connectivity index (χ3v) is 10.4. The number of halogens is 2. The van der Waals surface area contributed by atoms with Crippen LogP contribution in [0.4, 0.5) is 21.8 Å². The van der Waals surface area contributed by atoms with Crippen molar-refractivity contribution in [3.05, 3.63) is 58.5 Å². The summed E-state index contributed by atoms with van der Waals surface area (Å²) >= 11 is 5.93. The number of hydrogen-bond donors (Lipinski definition) is 1. The summed E-state index contributed by atoms with van der Waals surface area (Å²) in [4.78, 5) is 32.6. The number of benzene rings is 1. The van der Waals surface area contributed by atoms with E-state index in [9.17, 15) is 13.2 Å². The highest BCUT2D eigenvalue weighted by molar-refractivity contribution is 7.91. The van der Waals surface area contributed by atoms with Crippen molar-refractivity contribution in [2.45, 2.75) is 61.2 Å². The summed E-state index contributed by atoms with van der Waals surface area (Å²) in [6.45, 7) is 1.28. The molecule has 2 fully saturated rings. The van der Waals surface area contributed by atoms with Gasteiger partial charge in [-0.25, -0.2) is 27.8 Å². The summed E-state index contributed by atoms with van der Waals surface area (Å²) in [5, 5.41) is 3.55. The molecule has 2 aliphatic heterocycles. The molecule has 1 N–H and O–H groups in total. The number of carbonyl (C=O) groups excluding carboxylic acids is 1. The second-order valence-electron chi connectivity index (χ2n) is 10.8. The molecule has 41 heavy (non-hydrogen) atoms. The van der Waals surface area contributed by atoms with E-state index in [4.69, 9.17) is 16.3 Å². The molecule has 0 radical (unpaired) electrons. The quantitative estimate of drug-likeness (QED) is 0.404. The average molecular weight is 601 g/mol. The average Bonchev–Trinajstić information content (AvgIpc) is 2.93. The molecule has 1 saturated heterocycles. The molecule has 0 spiro atoms. The Hall–Kier alpha value is -3.38. The fraction of sp³-hybridized carbons (Fsp3) is 0.464. The molecule has 1 aromatic carbocycles. The number of ether oxygens (including phenoxy) is 1. The monoisotopic (exact) mass is 600 g/mol. The lowest BCUT2D eigenvalue weighted by molar-refractivity contribution is -0.151. The second-order valence-corrected chi connectivity index (χ2v) is 13.3. The van der Waals surface area contributed by atoms with Crippen LogP contribution in [0.15, 0.2) is 35.5 Å². The summed E-state index contributed by atoms with van der Waals surface area (Å²) in [6.07, 6.45) is 7.57. The highest BCUT2D eigenvalue weighted by atomic mass is 35.5. The van der Waals surface area contributed by atoms with Crippen LogP contribution in [-0.4, -0.2) is 60.3 Å². The van der Waals surface area contributed by atoms with Crippen molar-refractivity contribution >= 4 is 44.9 Å². The summed E-state index contributed by atoms with van der Waals surface area (Å²) in [6, 6.07) is 4.49. The van der Waals surface area contributed by atoms with Crippen LogP contribution >= 0.6 is 11.6 Å². The third kappa shape index (κ3) is 5.12. The first-order chi connectivity index (χ1) is 19.7. The van der Waals surface area contributed by atoms with Crippen molar-refractivity contribution in [1.82, 2.24) is 19.9 Å². The van der Waals surface area contributed by atoms with Gasteiger partial charge in [-0.2, -0.15) is 4.98 Å². The summed E-state index contributed by atoms with van der Waals surface area (Å²) in [7, 11) is -2.32. The number of nitrogens with one attached hydrogen (secondary N) is 1. The molecule has 6 rings (SSSR count). The standard InChI is InChI=1S/C28H30ClFN6O4S/c1-40-26(37)28(9-3-10-28)20-6-5-19(14-21(20)30)33-25-23-22(4-2-13-41(23,38)39)34-27(35-25)36-11-7-17(8-12-36)24-31-15-18(29)16-32-24/h5-6,14-17H,2-4,7-13H2,1H3,(H,33,34,35). The Morgan fingerprint density at radius 2 is 1.88 bits per heavy atom. The second kappa shape index (κ2) is 10.8. The Balaban J connectivity index is 1.29. The number of fused-ring (bicyclic) bond motifs is 1. The SMILES string of the molecule is COC(=O)C1(c2ccc(Nc3nc(N4CCC(c5ncc(Cl)cn5)CC4)nc4c3S(=O)(=O)CCC4)cc2F)CCC1. The van der Waals surface area contributed by atoms with Crippen molar-refractivity contribution in [2.75, 3.05) is 36.2 Å². The fourth-order valence-corrected chi connectivity index (χ4v) is 7.76. The molecule has 10 nitrogen and oxygen atoms in total. The number of nitrogens with zero attached hydrogens (tertiary/aromatic N) is 5.